The van der Waals surface area contributed by atoms with E-state index in [9.17, 15) is 4.79 Å². The van der Waals surface area contributed by atoms with Crippen molar-refractivity contribution in [2.75, 3.05) is 13.7 Å². The summed E-state index contributed by atoms with van der Waals surface area (Å²) in [4.78, 5) is 10.3. The molecule has 0 N–H and O–H groups in total. The highest BCUT2D eigenvalue weighted by atomic mass is 16.5. The van der Waals surface area contributed by atoms with Crippen molar-refractivity contribution >= 4 is 6.29 Å². The fourth-order valence-electron chi connectivity index (χ4n) is 1.25. The van der Waals surface area contributed by atoms with Gasteiger partial charge in [-0.05, 0) is 25.8 Å². The Morgan fingerprint density at radius 3 is 2.56 bits per heavy atom. The molecule has 0 saturated carbocycles. The monoisotopic (exact) mass is 226 g/mol. The van der Waals surface area contributed by atoms with E-state index in [1.54, 1.807) is 7.11 Å². The molecule has 0 aliphatic rings. The number of rotatable bonds is 5. The van der Waals surface area contributed by atoms with Crippen molar-refractivity contribution in [3.63, 3.8) is 0 Å². The van der Waals surface area contributed by atoms with Crippen LogP contribution in [0.5, 0.6) is 0 Å². The van der Waals surface area contributed by atoms with Gasteiger partial charge in [-0.15, -0.1) is 0 Å². The number of hydrogen-bond acceptors (Lipinski definition) is 3. The molecule has 0 spiro atoms. The summed E-state index contributed by atoms with van der Waals surface area (Å²) in [5.41, 5.74) is 2.16. The van der Waals surface area contributed by atoms with Crippen molar-refractivity contribution in [3.8, 4) is 0 Å². The van der Waals surface area contributed by atoms with Crippen LogP contribution in [-0.2, 0) is 22.5 Å². The van der Waals surface area contributed by atoms with Gasteiger partial charge in [0.15, 0.2) is 0 Å². The first-order valence-electron chi connectivity index (χ1n) is 5.65. The Kier molecular flexibility index (Phi) is 8.43. The average molecular weight is 226 g/mol. The lowest BCUT2D eigenvalue weighted by molar-refractivity contribution is -0.107. The van der Waals surface area contributed by atoms with Gasteiger partial charge in [-0.25, -0.2) is 0 Å². The highest BCUT2D eigenvalue weighted by molar-refractivity contribution is 5.54. The molecular weight excluding hydrogens is 204 g/mol. The third-order valence-corrected chi connectivity index (χ3v) is 2.16. The summed E-state index contributed by atoms with van der Waals surface area (Å²) in [6, 6.07) is 0. The quantitative estimate of drug-likeness (QED) is 0.721. The Balaban J connectivity index is 0.000000487. The summed E-state index contributed by atoms with van der Waals surface area (Å²) in [6.07, 6.45) is 4.27. The van der Waals surface area contributed by atoms with Gasteiger partial charge in [0, 0.05) is 32.4 Å². The van der Waals surface area contributed by atoms with Crippen LogP contribution in [0.4, 0.5) is 0 Å². The minimum Gasteiger partial charge on any atom is -0.385 e. The van der Waals surface area contributed by atoms with Crippen molar-refractivity contribution < 1.29 is 9.53 Å². The zero-order valence-electron chi connectivity index (χ0n) is 10.7. The summed E-state index contributed by atoms with van der Waals surface area (Å²) in [5.74, 6) is 0. The Labute approximate surface area is 97.6 Å². The van der Waals surface area contributed by atoms with Gasteiger partial charge in [-0.2, -0.15) is 5.10 Å². The molecule has 0 bridgehead atoms. The highest BCUT2D eigenvalue weighted by Crippen LogP contribution is 2.07. The van der Waals surface area contributed by atoms with Crippen LogP contribution in [0.25, 0.3) is 0 Å². The van der Waals surface area contributed by atoms with Gasteiger partial charge < -0.3 is 9.53 Å². The van der Waals surface area contributed by atoms with Gasteiger partial charge in [-0.3, -0.25) is 4.68 Å². The second-order valence-corrected chi connectivity index (χ2v) is 3.45. The molecule has 4 nitrogen and oxygen atoms in total. The molecule has 0 unspecified atom stereocenters. The Bertz CT molecular complexity index is 293. The lowest BCUT2D eigenvalue weighted by Crippen LogP contribution is -2.05. The van der Waals surface area contributed by atoms with Gasteiger partial charge in [0.05, 0.1) is 6.20 Å². The van der Waals surface area contributed by atoms with Crippen LogP contribution < -0.4 is 0 Å². The number of aryl methyl sites for hydroxylation is 2. The first-order chi connectivity index (χ1) is 7.71. The Morgan fingerprint density at radius 1 is 1.50 bits per heavy atom. The van der Waals surface area contributed by atoms with Gasteiger partial charge in [0.25, 0.3) is 0 Å². The van der Waals surface area contributed by atoms with Crippen LogP contribution >= 0.6 is 0 Å². The van der Waals surface area contributed by atoms with Gasteiger partial charge in [0.1, 0.15) is 6.29 Å². The van der Waals surface area contributed by atoms with Crippen molar-refractivity contribution in [1.82, 2.24) is 9.78 Å². The van der Waals surface area contributed by atoms with Crippen LogP contribution in [-0.4, -0.2) is 29.8 Å². The van der Waals surface area contributed by atoms with Crippen LogP contribution in [0.1, 0.15) is 31.5 Å². The third-order valence-electron chi connectivity index (χ3n) is 2.16. The van der Waals surface area contributed by atoms with Crippen LogP contribution in [0.2, 0.25) is 0 Å². The maximum absolute atomic E-state index is 10.3. The third kappa shape index (κ3) is 5.07. The molecular formula is C12H22N2O2. The van der Waals surface area contributed by atoms with E-state index in [1.165, 1.54) is 0 Å². The molecule has 4 heteroatoms. The predicted molar refractivity (Wildman–Crippen MR) is 64.6 cm³/mol. The molecule has 0 aromatic carbocycles. The number of nitrogens with zero attached hydrogens (tertiary/aromatic N) is 2. The number of aldehydes is 1. The van der Waals surface area contributed by atoms with E-state index >= 15 is 0 Å². The Morgan fingerprint density at radius 2 is 2.12 bits per heavy atom. The maximum Gasteiger partial charge on any atom is 0.125 e. The number of hydrogen-bond donors (Lipinski definition) is 0. The van der Waals surface area contributed by atoms with Crippen molar-refractivity contribution in [1.29, 1.82) is 0 Å². The second kappa shape index (κ2) is 9.09. The van der Waals surface area contributed by atoms with E-state index in [4.69, 9.17) is 0 Å². The summed E-state index contributed by atoms with van der Waals surface area (Å²) in [6.45, 7) is 7.76. The van der Waals surface area contributed by atoms with E-state index in [0.29, 0.717) is 6.42 Å². The molecule has 0 radical (unpaired) electrons. The van der Waals surface area contributed by atoms with Gasteiger partial charge >= 0.3 is 0 Å². The summed E-state index contributed by atoms with van der Waals surface area (Å²) in [5, 5.41) is 4.18. The average Bonchev–Trinajstić information content (AvgIpc) is 2.63. The van der Waals surface area contributed by atoms with Crippen LogP contribution in [0.3, 0.4) is 0 Å². The lowest BCUT2D eigenvalue weighted by Gasteiger charge is -2.03. The van der Waals surface area contributed by atoms with E-state index < -0.39 is 0 Å². The number of aromatic nitrogens is 2. The fourth-order valence-corrected chi connectivity index (χ4v) is 1.25. The smallest absolute Gasteiger partial charge is 0.125 e. The van der Waals surface area contributed by atoms with E-state index in [1.807, 2.05) is 24.7 Å². The first-order valence-corrected chi connectivity index (χ1v) is 5.65. The molecule has 0 saturated heterocycles. The topological polar surface area (TPSA) is 44.1 Å². The molecule has 0 aliphatic carbocycles. The normalized spacial score (nSPS) is 9.50. The van der Waals surface area contributed by atoms with Crippen molar-refractivity contribution in [3.05, 3.63) is 17.5 Å². The molecule has 1 aromatic heterocycles. The summed E-state index contributed by atoms with van der Waals surface area (Å²) >= 11 is 0. The molecule has 1 aromatic rings. The largest absolute Gasteiger partial charge is 0.385 e. The minimum absolute atomic E-state index is 0.478. The number of ether oxygens (including phenoxy) is 1. The molecule has 0 amide bonds. The number of carbonyl (C=O) groups is 1. The summed E-state index contributed by atoms with van der Waals surface area (Å²) < 4.78 is 6.45. The zero-order chi connectivity index (χ0) is 12.4. The van der Waals surface area contributed by atoms with Crippen LogP contribution in [0, 0.1) is 6.92 Å². The molecule has 1 rings (SSSR count). The predicted octanol–water partition coefficient (Wildman–Crippen LogP) is 2.00. The molecule has 92 valence electrons. The number of carbonyl (C=O) groups excluding carboxylic acids is 1. The molecule has 0 aliphatic heterocycles. The van der Waals surface area contributed by atoms with E-state index in [2.05, 4.69) is 16.8 Å². The second-order valence-electron chi connectivity index (χ2n) is 3.45. The first kappa shape index (κ1) is 14.8. The van der Waals surface area contributed by atoms with Gasteiger partial charge in [0.2, 0.25) is 0 Å². The standard InChI is InChI=1S/C9H14N2O.C3H8O/c1-3-5-11-9(4-6-12)8(2)7-10-11;1-3-4-2/h6-7H,3-5H2,1-2H3;3H2,1-2H3. The molecule has 1 heterocycles. The molecule has 0 atom stereocenters. The lowest BCUT2D eigenvalue weighted by atomic mass is 10.2. The van der Waals surface area contributed by atoms with Crippen molar-refractivity contribution in [2.24, 2.45) is 0 Å². The SMILES string of the molecule is CCCn1ncc(C)c1CC=O.CCOC. The Hall–Kier alpha value is -1.16. The maximum atomic E-state index is 10.3. The van der Waals surface area contributed by atoms with Gasteiger partial charge in [-0.1, -0.05) is 6.92 Å². The minimum atomic E-state index is 0.478. The molecule has 0 fully saturated rings. The fraction of sp³-hybridized carbons (Fsp3) is 0.667. The van der Waals surface area contributed by atoms with E-state index in [-0.39, 0.29) is 0 Å². The van der Waals surface area contributed by atoms with Crippen molar-refractivity contribution in [2.45, 2.75) is 40.2 Å². The zero-order valence-corrected chi connectivity index (χ0v) is 10.7. The highest BCUT2D eigenvalue weighted by Gasteiger charge is 2.04. The van der Waals surface area contributed by atoms with Crippen LogP contribution in [0.15, 0.2) is 6.20 Å². The summed E-state index contributed by atoms with van der Waals surface area (Å²) in [7, 11) is 1.68. The molecule has 16 heavy (non-hydrogen) atoms. The number of methoxy groups -OCH3 is 1. The van der Waals surface area contributed by atoms with E-state index in [0.717, 1.165) is 37.1 Å².